The lowest BCUT2D eigenvalue weighted by atomic mass is 10.0. The molecule has 1 aliphatic heterocycles. The van der Waals surface area contributed by atoms with E-state index in [1.807, 2.05) is 0 Å². The van der Waals surface area contributed by atoms with Crippen LogP contribution in [-0.2, 0) is 4.79 Å². The molecule has 3 aromatic carbocycles. The largest absolute Gasteiger partial charge is 0.497 e. The fourth-order valence-electron chi connectivity index (χ4n) is 3.76. The van der Waals surface area contributed by atoms with E-state index in [-0.39, 0.29) is 16.5 Å². The van der Waals surface area contributed by atoms with Gasteiger partial charge in [0.2, 0.25) is 0 Å². The maximum Gasteiger partial charge on any atom is 0.431 e. The Kier molecular flexibility index (Phi) is 7.07. The number of rotatable bonds is 7. The zero-order valence-corrected chi connectivity index (χ0v) is 19.5. The fourth-order valence-corrected chi connectivity index (χ4v) is 3.98. The first-order valence-corrected chi connectivity index (χ1v) is 11.0. The SMILES string of the molecule is COc1ccc(F)c(-c2ccc(Oc3ccc(N4N=C(C(F)(F)F)CC4CC(=O)O)cc3)c(Cl)c2)c1. The van der Waals surface area contributed by atoms with Crippen LogP contribution in [-0.4, -0.2) is 36.1 Å². The molecule has 0 fully saturated rings. The van der Waals surface area contributed by atoms with Crippen LogP contribution in [0.4, 0.5) is 23.2 Å². The van der Waals surface area contributed by atoms with Gasteiger partial charge in [0.1, 0.15) is 28.8 Å². The number of methoxy groups -OCH3 is 1. The molecule has 0 saturated carbocycles. The third-order valence-electron chi connectivity index (χ3n) is 5.49. The number of hydrogen-bond acceptors (Lipinski definition) is 5. The van der Waals surface area contributed by atoms with Gasteiger partial charge in [-0.3, -0.25) is 9.80 Å². The zero-order chi connectivity index (χ0) is 26.0. The van der Waals surface area contributed by atoms with E-state index in [2.05, 4.69) is 5.10 Å². The number of alkyl halides is 3. The highest BCUT2D eigenvalue weighted by Crippen LogP contribution is 2.37. The molecular formula is C25H19ClF4N2O4. The molecule has 11 heteroatoms. The van der Waals surface area contributed by atoms with E-state index in [0.29, 0.717) is 22.6 Å². The third-order valence-corrected chi connectivity index (χ3v) is 5.78. The number of carboxylic acids is 1. The van der Waals surface area contributed by atoms with Crippen LogP contribution in [0.5, 0.6) is 17.2 Å². The zero-order valence-electron chi connectivity index (χ0n) is 18.7. The van der Waals surface area contributed by atoms with Gasteiger partial charge in [0.25, 0.3) is 0 Å². The number of carboxylic acid groups (broad SMARTS) is 1. The molecule has 1 N–H and O–H groups in total. The van der Waals surface area contributed by atoms with Crippen molar-refractivity contribution in [3.8, 4) is 28.4 Å². The number of halogens is 5. The number of aliphatic carboxylic acids is 1. The van der Waals surface area contributed by atoms with Crippen LogP contribution < -0.4 is 14.5 Å². The maximum atomic E-state index is 14.3. The summed E-state index contributed by atoms with van der Waals surface area (Å²) < 4.78 is 64.6. The van der Waals surface area contributed by atoms with Crippen molar-refractivity contribution in [2.24, 2.45) is 5.10 Å². The first-order chi connectivity index (χ1) is 17.0. The summed E-state index contributed by atoms with van der Waals surface area (Å²) in [5.41, 5.74) is 0.0552. The Morgan fingerprint density at radius 2 is 1.81 bits per heavy atom. The molecule has 0 amide bonds. The van der Waals surface area contributed by atoms with Gasteiger partial charge in [-0.05, 0) is 60.2 Å². The molecule has 3 aromatic rings. The fraction of sp³-hybridized carbons (Fsp3) is 0.200. The summed E-state index contributed by atoms with van der Waals surface area (Å²) in [5, 5.41) is 14.0. The summed E-state index contributed by atoms with van der Waals surface area (Å²) in [5.74, 6) is -0.585. The summed E-state index contributed by atoms with van der Waals surface area (Å²) in [6.07, 6.45) is -5.67. The molecule has 0 aliphatic carbocycles. The van der Waals surface area contributed by atoms with Gasteiger partial charge in [-0.2, -0.15) is 18.3 Å². The molecule has 188 valence electrons. The Hall–Kier alpha value is -3.79. The molecule has 0 aromatic heterocycles. The Bertz CT molecular complexity index is 1310. The topological polar surface area (TPSA) is 71.4 Å². The van der Waals surface area contributed by atoms with E-state index in [1.54, 1.807) is 18.2 Å². The van der Waals surface area contributed by atoms with E-state index in [1.165, 1.54) is 49.6 Å². The van der Waals surface area contributed by atoms with E-state index < -0.39 is 42.6 Å². The number of hydrogen-bond donors (Lipinski definition) is 1. The predicted octanol–water partition coefficient (Wildman–Crippen LogP) is 6.92. The molecule has 1 heterocycles. The first-order valence-electron chi connectivity index (χ1n) is 10.6. The molecule has 1 aliphatic rings. The quantitative estimate of drug-likeness (QED) is 0.341. The summed E-state index contributed by atoms with van der Waals surface area (Å²) in [7, 11) is 1.48. The van der Waals surface area contributed by atoms with Crippen LogP contribution in [0.25, 0.3) is 11.1 Å². The van der Waals surface area contributed by atoms with Crippen molar-refractivity contribution in [1.29, 1.82) is 0 Å². The normalized spacial score (nSPS) is 15.6. The lowest BCUT2D eigenvalue weighted by Crippen LogP contribution is -2.29. The van der Waals surface area contributed by atoms with Crippen molar-refractivity contribution in [3.05, 3.63) is 71.5 Å². The van der Waals surface area contributed by atoms with Crippen molar-refractivity contribution in [2.45, 2.75) is 25.1 Å². The van der Waals surface area contributed by atoms with Gasteiger partial charge < -0.3 is 14.6 Å². The van der Waals surface area contributed by atoms with E-state index in [9.17, 15) is 22.4 Å². The second-order valence-corrected chi connectivity index (χ2v) is 8.34. The highest BCUT2D eigenvalue weighted by Gasteiger charge is 2.43. The van der Waals surface area contributed by atoms with Crippen molar-refractivity contribution in [1.82, 2.24) is 0 Å². The summed E-state index contributed by atoms with van der Waals surface area (Å²) in [6.45, 7) is 0. The second-order valence-electron chi connectivity index (χ2n) is 7.93. The average molecular weight is 523 g/mol. The molecular weight excluding hydrogens is 504 g/mol. The van der Waals surface area contributed by atoms with Crippen LogP contribution in [0.3, 0.4) is 0 Å². The Balaban J connectivity index is 1.53. The highest BCUT2D eigenvalue weighted by atomic mass is 35.5. The second kappa shape index (κ2) is 10.1. The molecule has 1 unspecified atom stereocenters. The monoisotopic (exact) mass is 522 g/mol. The molecule has 1 atom stereocenters. The van der Waals surface area contributed by atoms with Gasteiger partial charge in [0.15, 0.2) is 0 Å². The lowest BCUT2D eigenvalue weighted by molar-refractivity contribution is -0.137. The smallest absolute Gasteiger partial charge is 0.431 e. The van der Waals surface area contributed by atoms with E-state index >= 15 is 0 Å². The standard InChI is InChI=1S/C25H19ClF4N2O4/c1-35-18-7-8-21(27)19(13-18)14-2-9-22(20(26)10-14)36-17-5-3-15(4-6-17)32-16(12-24(33)34)11-23(31-32)25(28,29)30/h2-10,13,16H,11-12H2,1H3,(H,33,34). The number of anilines is 1. The van der Waals surface area contributed by atoms with E-state index in [0.717, 1.165) is 5.01 Å². The molecule has 0 bridgehead atoms. The minimum absolute atomic E-state index is 0.208. The van der Waals surface area contributed by atoms with Crippen LogP contribution in [0.15, 0.2) is 65.8 Å². The number of ether oxygens (including phenoxy) is 2. The van der Waals surface area contributed by atoms with Crippen molar-refractivity contribution < 1.29 is 36.9 Å². The summed E-state index contributed by atoms with van der Waals surface area (Å²) >= 11 is 6.35. The number of hydrazone groups is 1. The van der Waals surface area contributed by atoms with Crippen LogP contribution in [0.2, 0.25) is 5.02 Å². The summed E-state index contributed by atoms with van der Waals surface area (Å²) in [4.78, 5) is 11.1. The van der Waals surface area contributed by atoms with Gasteiger partial charge >= 0.3 is 12.1 Å². The van der Waals surface area contributed by atoms with Gasteiger partial charge in [-0.15, -0.1) is 0 Å². The molecule has 4 rings (SSSR count). The van der Waals surface area contributed by atoms with Gasteiger partial charge in [-0.25, -0.2) is 4.39 Å². The van der Waals surface area contributed by atoms with Crippen molar-refractivity contribution >= 4 is 29.0 Å². The minimum Gasteiger partial charge on any atom is -0.497 e. The number of carbonyl (C=O) groups is 1. The summed E-state index contributed by atoms with van der Waals surface area (Å²) in [6, 6.07) is 14.0. The maximum absolute atomic E-state index is 14.3. The predicted molar refractivity (Wildman–Crippen MR) is 127 cm³/mol. The van der Waals surface area contributed by atoms with Crippen molar-refractivity contribution in [2.75, 3.05) is 12.1 Å². The van der Waals surface area contributed by atoms with Gasteiger partial charge in [-0.1, -0.05) is 17.7 Å². The Morgan fingerprint density at radius 3 is 2.42 bits per heavy atom. The Labute approximate surface area is 208 Å². The average Bonchev–Trinajstić information content (AvgIpc) is 3.25. The van der Waals surface area contributed by atoms with Gasteiger partial charge in [0.05, 0.1) is 30.3 Å². The molecule has 0 radical (unpaired) electrons. The van der Waals surface area contributed by atoms with Gasteiger partial charge in [0, 0.05) is 12.0 Å². The van der Waals surface area contributed by atoms with Crippen LogP contribution in [0, 0.1) is 5.82 Å². The highest BCUT2D eigenvalue weighted by molar-refractivity contribution is 6.32. The van der Waals surface area contributed by atoms with Crippen molar-refractivity contribution in [3.63, 3.8) is 0 Å². The molecule has 36 heavy (non-hydrogen) atoms. The molecule has 0 saturated heterocycles. The van der Waals surface area contributed by atoms with E-state index in [4.69, 9.17) is 26.2 Å². The number of nitrogens with zero attached hydrogens (tertiary/aromatic N) is 2. The third kappa shape index (κ3) is 5.54. The molecule has 0 spiro atoms. The number of benzene rings is 3. The van der Waals surface area contributed by atoms with Crippen LogP contribution >= 0.6 is 11.6 Å². The van der Waals surface area contributed by atoms with Crippen LogP contribution in [0.1, 0.15) is 12.8 Å². The molecule has 6 nitrogen and oxygen atoms in total. The Morgan fingerprint density at radius 1 is 1.11 bits per heavy atom. The first kappa shape index (κ1) is 25.3. The minimum atomic E-state index is -4.65. The lowest BCUT2D eigenvalue weighted by Gasteiger charge is -2.22.